The first kappa shape index (κ1) is 16.6. The first-order valence-corrected chi connectivity index (χ1v) is 8.07. The van der Waals surface area contributed by atoms with E-state index < -0.39 is 23.0 Å². The Morgan fingerprint density at radius 1 is 1.35 bits per heavy atom. The highest BCUT2D eigenvalue weighted by Gasteiger charge is 2.38. The lowest BCUT2D eigenvalue weighted by molar-refractivity contribution is -0.140. The number of pyridine rings is 1. The first-order chi connectivity index (χ1) is 12.4. The van der Waals surface area contributed by atoms with Gasteiger partial charge in [-0.25, -0.2) is 4.98 Å². The van der Waals surface area contributed by atoms with Crippen molar-refractivity contribution in [2.45, 2.75) is 25.6 Å². The van der Waals surface area contributed by atoms with Crippen LogP contribution in [0.5, 0.6) is 5.75 Å². The molecule has 3 aromatic rings. The number of halogens is 3. The van der Waals surface area contributed by atoms with Crippen LogP contribution in [0.2, 0.25) is 0 Å². The van der Waals surface area contributed by atoms with Crippen molar-refractivity contribution in [2.75, 3.05) is 7.11 Å². The Hall–Kier alpha value is -2.84. The van der Waals surface area contributed by atoms with Crippen molar-refractivity contribution in [3.63, 3.8) is 0 Å². The average molecular weight is 364 g/mol. The van der Waals surface area contributed by atoms with Gasteiger partial charge < -0.3 is 4.74 Å². The predicted molar refractivity (Wildman–Crippen MR) is 87.0 cm³/mol. The molecule has 0 spiro atoms. The molecule has 0 amide bonds. The minimum Gasteiger partial charge on any atom is -0.497 e. The molecule has 136 valence electrons. The molecule has 1 fully saturated rings. The molecule has 26 heavy (non-hydrogen) atoms. The molecular formula is C17H15F3N4O2. The van der Waals surface area contributed by atoms with Gasteiger partial charge in [0.1, 0.15) is 11.4 Å². The van der Waals surface area contributed by atoms with E-state index in [-0.39, 0.29) is 11.2 Å². The molecule has 3 heterocycles. The zero-order valence-electron chi connectivity index (χ0n) is 13.8. The molecule has 0 radical (unpaired) electrons. The fourth-order valence-electron chi connectivity index (χ4n) is 2.87. The van der Waals surface area contributed by atoms with E-state index in [1.54, 1.807) is 4.68 Å². The minimum absolute atomic E-state index is 0.112. The second-order valence-corrected chi connectivity index (χ2v) is 6.33. The molecule has 6 nitrogen and oxygen atoms in total. The minimum atomic E-state index is -4.77. The second-order valence-electron chi connectivity index (χ2n) is 6.33. The molecular weight excluding hydrogens is 349 g/mol. The maximum absolute atomic E-state index is 13.6. The van der Waals surface area contributed by atoms with Gasteiger partial charge >= 0.3 is 6.18 Å². The topological polar surface area (TPSA) is 61.4 Å². The van der Waals surface area contributed by atoms with E-state index in [1.807, 2.05) is 0 Å². The van der Waals surface area contributed by atoms with E-state index in [0.717, 1.165) is 17.2 Å². The predicted octanol–water partition coefficient (Wildman–Crippen LogP) is 3.00. The van der Waals surface area contributed by atoms with Crippen LogP contribution in [-0.2, 0) is 12.7 Å². The number of nitrogens with zero attached hydrogens (tertiary/aromatic N) is 4. The Labute approximate surface area is 145 Å². The molecule has 0 unspecified atom stereocenters. The molecule has 0 saturated heterocycles. The summed E-state index contributed by atoms with van der Waals surface area (Å²) in [6.45, 7) is 0.640. The first-order valence-electron chi connectivity index (χ1n) is 8.07. The summed E-state index contributed by atoms with van der Waals surface area (Å²) in [6, 6.07) is 2.78. The largest absolute Gasteiger partial charge is 0.497 e. The molecule has 4 rings (SSSR count). The van der Waals surface area contributed by atoms with E-state index in [0.29, 0.717) is 18.2 Å². The van der Waals surface area contributed by atoms with Crippen LogP contribution in [0.4, 0.5) is 13.2 Å². The van der Waals surface area contributed by atoms with Crippen molar-refractivity contribution in [1.82, 2.24) is 19.2 Å². The van der Waals surface area contributed by atoms with Crippen molar-refractivity contribution >= 4 is 5.65 Å². The Balaban J connectivity index is 1.92. The highest BCUT2D eigenvalue weighted by atomic mass is 19.4. The molecule has 0 bridgehead atoms. The zero-order chi connectivity index (χ0) is 18.5. The molecule has 0 aliphatic heterocycles. The van der Waals surface area contributed by atoms with Gasteiger partial charge in [0.15, 0.2) is 5.69 Å². The van der Waals surface area contributed by atoms with Crippen LogP contribution in [0.15, 0.2) is 35.5 Å². The maximum atomic E-state index is 13.6. The fraction of sp³-hybridized carbons (Fsp3) is 0.353. The highest BCUT2D eigenvalue weighted by molar-refractivity contribution is 5.66. The van der Waals surface area contributed by atoms with Crippen LogP contribution < -0.4 is 10.3 Å². The fourth-order valence-corrected chi connectivity index (χ4v) is 2.87. The summed E-state index contributed by atoms with van der Waals surface area (Å²) >= 11 is 0. The van der Waals surface area contributed by atoms with E-state index in [1.165, 1.54) is 37.8 Å². The van der Waals surface area contributed by atoms with E-state index in [4.69, 9.17) is 4.74 Å². The van der Waals surface area contributed by atoms with Gasteiger partial charge in [0.2, 0.25) is 0 Å². The number of aromatic nitrogens is 4. The van der Waals surface area contributed by atoms with Crippen LogP contribution in [-0.4, -0.2) is 26.3 Å². The summed E-state index contributed by atoms with van der Waals surface area (Å²) in [5.74, 6) is 0.822. The van der Waals surface area contributed by atoms with Gasteiger partial charge in [-0.2, -0.15) is 18.3 Å². The number of ether oxygens (including phenoxy) is 1. The zero-order valence-corrected chi connectivity index (χ0v) is 13.8. The van der Waals surface area contributed by atoms with Gasteiger partial charge in [0.05, 0.1) is 18.9 Å². The van der Waals surface area contributed by atoms with Crippen LogP contribution >= 0.6 is 0 Å². The average Bonchev–Trinajstić information content (AvgIpc) is 3.29. The van der Waals surface area contributed by atoms with E-state index in [2.05, 4.69) is 10.1 Å². The van der Waals surface area contributed by atoms with Crippen molar-refractivity contribution in [3.8, 4) is 16.9 Å². The number of rotatable bonds is 4. The normalized spacial score (nSPS) is 14.8. The quantitative estimate of drug-likeness (QED) is 0.714. The Kier molecular flexibility index (Phi) is 3.74. The smallest absolute Gasteiger partial charge is 0.434 e. The lowest BCUT2D eigenvalue weighted by atomic mass is 10.1. The highest BCUT2D eigenvalue weighted by Crippen LogP contribution is 2.35. The lowest BCUT2D eigenvalue weighted by Gasteiger charge is -2.12. The Morgan fingerprint density at radius 2 is 2.12 bits per heavy atom. The second kappa shape index (κ2) is 5.86. The van der Waals surface area contributed by atoms with Gasteiger partial charge in [-0.05, 0) is 24.8 Å². The monoisotopic (exact) mass is 364 g/mol. The van der Waals surface area contributed by atoms with Gasteiger partial charge in [0.25, 0.3) is 5.56 Å². The summed E-state index contributed by atoms with van der Waals surface area (Å²) in [5, 5.41) is 4.10. The van der Waals surface area contributed by atoms with Gasteiger partial charge in [-0.1, -0.05) is 0 Å². The third-order valence-corrected chi connectivity index (χ3v) is 4.37. The number of hydrogen-bond donors (Lipinski definition) is 0. The summed E-state index contributed by atoms with van der Waals surface area (Å²) in [5.41, 5.74) is -2.53. The SMILES string of the molecule is COc1ccn2c(=O)c(-c3cnn(CC4CC4)c3)c(C(F)(F)F)nc2c1. The van der Waals surface area contributed by atoms with Gasteiger partial charge in [-0.15, -0.1) is 0 Å². The van der Waals surface area contributed by atoms with Gasteiger partial charge in [0, 0.05) is 30.6 Å². The van der Waals surface area contributed by atoms with Crippen LogP contribution in [0, 0.1) is 5.92 Å². The van der Waals surface area contributed by atoms with Crippen LogP contribution in [0.3, 0.4) is 0 Å². The van der Waals surface area contributed by atoms with Crippen molar-refractivity contribution in [3.05, 3.63) is 46.8 Å². The van der Waals surface area contributed by atoms with Crippen LogP contribution in [0.1, 0.15) is 18.5 Å². The summed E-state index contributed by atoms with van der Waals surface area (Å²) in [4.78, 5) is 16.5. The summed E-state index contributed by atoms with van der Waals surface area (Å²) in [7, 11) is 1.39. The molecule has 1 aliphatic rings. The molecule has 3 aromatic heterocycles. The molecule has 0 atom stereocenters. The standard InChI is InChI=1S/C17H15F3N4O2/c1-26-12-4-5-24-13(6-12)22-15(17(18,19)20)14(16(24)25)11-7-21-23(9-11)8-10-2-3-10/h4-7,9-10H,2-3,8H2,1H3. The number of methoxy groups -OCH3 is 1. The van der Waals surface area contributed by atoms with Crippen LogP contribution in [0.25, 0.3) is 16.8 Å². The summed E-state index contributed by atoms with van der Waals surface area (Å²) in [6.07, 6.45) is 1.51. The number of fused-ring (bicyclic) bond motifs is 1. The number of hydrogen-bond acceptors (Lipinski definition) is 4. The maximum Gasteiger partial charge on any atom is 0.434 e. The third kappa shape index (κ3) is 2.93. The van der Waals surface area contributed by atoms with E-state index in [9.17, 15) is 18.0 Å². The molecule has 1 saturated carbocycles. The number of alkyl halides is 3. The summed E-state index contributed by atoms with van der Waals surface area (Å²) < 4.78 is 48.4. The Morgan fingerprint density at radius 3 is 2.77 bits per heavy atom. The molecule has 0 N–H and O–H groups in total. The van der Waals surface area contributed by atoms with E-state index >= 15 is 0 Å². The lowest BCUT2D eigenvalue weighted by Crippen LogP contribution is -2.24. The molecule has 1 aliphatic carbocycles. The Bertz CT molecular complexity index is 1030. The molecule has 9 heteroatoms. The van der Waals surface area contributed by atoms with Crippen molar-refractivity contribution < 1.29 is 17.9 Å². The third-order valence-electron chi connectivity index (χ3n) is 4.37. The van der Waals surface area contributed by atoms with Crippen molar-refractivity contribution in [2.24, 2.45) is 5.92 Å². The van der Waals surface area contributed by atoms with Crippen molar-refractivity contribution in [1.29, 1.82) is 0 Å². The van der Waals surface area contributed by atoms with Gasteiger partial charge in [-0.3, -0.25) is 13.9 Å². The molecule has 0 aromatic carbocycles.